The van der Waals surface area contributed by atoms with E-state index in [1.165, 1.54) is 12.8 Å². The lowest BCUT2D eigenvalue weighted by molar-refractivity contribution is 0.0529. The Balaban J connectivity index is 0.00000480. The van der Waals surface area contributed by atoms with E-state index < -0.39 is 11.7 Å². The largest absolute Gasteiger partial charge is 0.493 e. The summed E-state index contributed by atoms with van der Waals surface area (Å²) < 4.78 is 16.8. The third kappa shape index (κ3) is 10.3. The summed E-state index contributed by atoms with van der Waals surface area (Å²) >= 11 is 0. The van der Waals surface area contributed by atoms with Crippen molar-refractivity contribution in [2.75, 3.05) is 27.2 Å². The smallest absolute Gasteiger partial charge is 0.407 e. The Kier molecular flexibility index (Phi) is 11.8. The molecule has 3 N–H and O–H groups in total. The lowest BCUT2D eigenvalue weighted by Crippen LogP contribution is -2.42. The molecule has 0 bridgehead atoms. The van der Waals surface area contributed by atoms with Crippen molar-refractivity contribution in [2.24, 2.45) is 4.99 Å². The van der Waals surface area contributed by atoms with Crippen LogP contribution in [-0.2, 0) is 11.3 Å². The minimum absolute atomic E-state index is 0. The lowest BCUT2D eigenvalue weighted by Gasteiger charge is -2.20. The minimum atomic E-state index is -0.506. The topological polar surface area (TPSA) is 93.2 Å². The van der Waals surface area contributed by atoms with Crippen LogP contribution < -0.4 is 25.4 Å². The molecule has 0 saturated heterocycles. The zero-order chi connectivity index (χ0) is 22.0. The van der Waals surface area contributed by atoms with Crippen molar-refractivity contribution < 1.29 is 19.0 Å². The van der Waals surface area contributed by atoms with Gasteiger partial charge in [0.2, 0.25) is 0 Å². The Labute approximate surface area is 202 Å². The van der Waals surface area contributed by atoms with Crippen LogP contribution in [0.25, 0.3) is 0 Å². The van der Waals surface area contributed by atoms with Gasteiger partial charge in [0.25, 0.3) is 0 Å². The second-order valence-corrected chi connectivity index (χ2v) is 8.29. The zero-order valence-corrected chi connectivity index (χ0v) is 21.6. The number of amides is 1. The van der Waals surface area contributed by atoms with Gasteiger partial charge >= 0.3 is 6.09 Å². The van der Waals surface area contributed by atoms with Gasteiger partial charge in [-0.1, -0.05) is 6.07 Å². The van der Waals surface area contributed by atoms with Crippen LogP contribution in [0.15, 0.2) is 23.2 Å². The van der Waals surface area contributed by atoms with Gasteiger partial charge in [0.15, 0.2) is 17.5 Å². The van der Waals surface area contributed by atoms with Crippen molar-refractivity contribution >= 4 is 36.0 Å². The number of benzene rings is 1. The fourth-order valence-electron chi connectivity index (χ4n) is 3.17. The van der Waals surface area contributed by atoms with Crippen LogP contribution in [0, 0.1) is 0 Å². The molecule has 1 amide bonds. The summed E-state index contributed by atoms with van der Waals surface area (Å²) in [5.41, 5.74) is 0.562. The Morgan fingerprint density at radius 3 is 2.39 bits per heavy atom. The zero-order valence-electron chi connectivity index (χ0n) is 19.2. The highest BCUT2D eigenvalue weighted by Crippen LogP contribution is 2.32. The average Bonchev–Trinajstić information content (AvgIpc) is 3.19. The maximum atomic E-state index is 11.7. The number of carbonyl (C=O) groups is 1. The predicted octanol–water partition coefficient (Wildman–Crippen LogP) is 3.82. The first-order chi connectivity index (χ1) is 14.3. The van der Waals surface area contributed by atoms with Gasteiger partial charge in [-0.3, -0.25) is 4.99 Å². The lowest BCUT2D eigenvalue weighted by atomic mass is 10.2. The molecule has 0 spiro atoms. The van der Waals surface area contributed by atoms with Gasteiger partial charge in [0, 0.05) is 26.7 Å². The van der Waals surface area contributed by atoms with E-state index in [1.807, 2.05) is 39.0 Å². The molecule has 1 aromatic rings. The van der Waals surface area contributed by atoms with E-state index in [-0.39, 0.29) is 30.1 Å². The molecule has 1 aromatic carbocycles. The number of alkyl carbamates (subject to hydrolysis) is 1. The van der Waals surface area contributed by atoms with E-state index in [9.17, 15) is 4.79 Å². The highest BCUT2D eigenvalue weighted by Gasteiger charge is 2.19. The number of nitrogens with one attached hydrogen (secondary N) is 3. The molecule has 1 fully saturated rings. The number of nitrogens with zero attached hydrogens (tertiary/aromatic N) is 1. The maximum absolute atomic E-state index is 11.7. The van der Waals surface area contributed by atoms with E-state index in [1.54, 1.807) is 14.2 Å². The van der Waals surface area contributed by atoms with Gasteiger partial charge in [-0.15, -0.1) is 24.0 Å². The van der Waals surface area contributed by atoms with Crippen molar-refractivity contribution in [1.29, 1.82) is 0 Å². The number of carbonyl (C=O) groups excluding carboxylic acids is 1. The minimum Gasteiger partial charge on any atom is -0.493 e. The molecule has 0 radical (unpaired) electrons. The first-order valence-electron chi connectivity index (χ1n) is 10.6. The van der Waals surface area contributed by atoms with Gasteiger partial charge in [-0.25, -0.2) is 4.79 Å². The number of halogens is 1. The summed E-state index contributed by atoms with van der Waals surface area (Å²) in [5, 5.41) is 9.15. The third-order valence-electron chi connectivity index (χ3n) is 4.59. The summed E-state index contributed by atoms with van der Waals surface area (Å²) in [5.74, 6) is 2.18. The van der Waals surface area contributed by atoms with E-state index >= 15 is 0 Å². The fraction of sp³-hybridized carbons (Fsp3) is 0.636. The molecular formula is C22H37IN4O4. The molecule has 0 aliphatic heterocycles. The van der Waals surface area contributed by atoms with Crippen molar-refractivity contribution in [3.05, 3.63) is 23.8 Å². The molecule has 1 saturated carbocycles. The normalized spacial score (nSPS) is 14.4. The van der Waals surface area contributed by atoms with Crippen LogP contribution in [0.5, 0.6) is 11.5 Å². The van der Waals surface area contributed by atoms with E-state index in [2.05, 4.69) is 20.9 Å². The summed E-state index contributed by atoms with van der Waals surface area (Å²) in [6.45, 7) is 7.04. The molecular weight excluding hydrogens is 511 g/mol. The van der Waals surface area contributed by atoms with Crippen LogP contribution in [0.2, 0.25) is 0 Å². The molecule has 2 rings (SSSR count). The quantitative estimate of drug-likeness (QED) is 0.198. The van der Waals surface area contributed by atoms with Crippen molar-refractivity contribution in [3.63, 3.8) is 0 Å². The molecule has 0 atom stereocenters. The molecule has 31 heavy (non-hydrogen) atoms. The van der Waals surface area contributed by atoms with Gasteiger partial charge in [0.05, 0.1) is 13.2 Å². The number of ether oxygens (including phenoxy) is 3. The van der Waals surface area contributed by atoms with Crippen LogP contribution in [0.3, 0.4) is 0 Å². The summed E-state index contributed by atoms with van der Waals surface area (Å²) in [6.07, 6.45) is 4.48. The summed E-state index contributed by atoms with van der Waals surface area (Å²) in [6, 6.07) is 5.95. The second kappa shape index (κ2) is 13.5. The average molecular weight is 548 g/mol. The SMILES string of the molecule is CN=C(NCCNC(=O)OC(C)(C)C)NCc1ccc(OC)c(OC2CCCC2)c1.I. The van der Waals surface area contributed by atoms with E-state index in [0.717, 1.165) is 29.9 Å². The van der Waals surface area contributed by atoms with Crippen LogP contribution in [-0.4, -0.2) is 51.0 Å². The number of rotatable bonds is 8. The number of guanidine groups is 1. The summed E-state index contributed by atoms with van der Waals surface area (Å²) in [4.78, 5) is 15.9. The Bertz CT molecular complexity index is 716. The highest BCUT2D eigenvalue weighted by molar-refractivity contribution is 14.0. The molecule has 1 aliphatic carbocycles. The number of aliphatic imine (C=N–C) groups is 1. The Morgan fingerprint density at radius 2 is 1.77 bits per heavy atom. The van der Waals surface area contributed by atoms with Crippen LogP contribution >= 0.6 is 24.0 Å². The number of hydrogen-bond donors (Lipinski definition) is 3. The highest BCUT2D eigenvalue weighted by atomic mass is 127. The van der Waals surface area contributed by atoms with Crippen molar-refractivity contribution in [1.82, 2.24) is 16.0 Å². The standard InChI is InChI=1S/C22H36N4O4.HI/c1-22(2,3)30-21(27)25-13-12-24-20(23-4)26-15-16-10-11-18(28-5)19(14-16)29-17-8-6-7-9-17;/h10-11,14,17H,6-9,12-13,15H2,1-5H3,(H,25,27)(H2,23,24,26);1H. The van der Waals surface area contributed by atoms with Crippen molar-refractivity contribution in [2.45, 2.75) is 64.7 Å². The first-order valence-corrected chi connectivity index (χ1v) is 10.6. The van der Waals surface area contributed by atoms with Gasteiger partial charge in [-0.2, -0.15) is 0 Å². The molecule has 9 heteroatoms. The summed E-state index contributed by atoms with van der Waals surface area (Å²) in [7, 11) is 3.37. The molecule has 0 unspecified atom stereocenters. The van der Waals surface area contributed by atoms with Crippen LogP contribution in [0.4, 0.5) is 4.79 Å². The third-order valence-corrected chi connectivity index (χ3v) is 4.59. The maximum Gasteiger partial charge on any atom is 0.407 e. The second-order valence-electron chi connectivity index (χ2n) is 8.29. The van der Waals surface area contributed by atoms with Crippen LogP contribution in [0.1, 0.15) is 52.0 Å². The molecule has 176 valence electrons. The Hall–Kier alpha value is -1.91. The Morgan fingerprint density at radius 1 is 1.10 bits per heavy atom. The van der Waals surface area contributed by atoms with E-state index in [0.29, 0.717) is 25.6 Å². The van der Waals surface area contributed by atoms with Gasteiger partial charge in [0.1, 0.15) is 5.60 Å². The fourth-order valence-corrected chi connectivity index (χ4v) is 3.17. The number of hydrogen-bond acceptors (Lipinski definition) is 5. The van der Waals surface area contributed by atoms with Gasteiger partial charge < -0.3 is 30.2 Å². The monoisotopic (exact) mass is 548 g/mol. The molecule has 8 nitrogen and oxygen atoms in total. The number of methoxy groups -OCH3 is 1. The van der Waals surface area contributed by atoms with Crippen molar-refractivity contribution in [3.8, 4) is 11.5 Å². The van der Waals surface area contributed by atoms with E-state index in [4.69, 9.17) is 14.2 Å². The van der Waals surface area contributed by atoms with Gasteiger partial charge in [-0.05, 0) is 64.2 Å². The molecule has 1 aliphatic rings. The first kappa shape index (κ1) is 27.1. The molecule has 0 heterocycles. The molecule has 0 aromatic heterocycles. The predicted molar refractivity (Wildman–Crippen MR) is 134 cm³/mol.